The normalized spacial score (nSPS) is 29.4. The molecule has 0 aromatic heterocycles. The van der Waals surface area contributed by atoms with Gasteiger partial charge in [0, 0.05) is 13.5 Å². The molecular formula is C31H59NO22S2. The topological polar surface area (TPSA) is 353 Å². The molecular weight excluding hydrogens is 802 g/mol. The van der Waals surface area contributed by atoms with Crippen molar-refractivity contribution in [3.8, 4) is 0 Å². The number of carbonyl (C=O) groups is 1. The fraction of sp³-hybridized carbons (Fsp3) is 0.968. The Morgan fingerprint density at radius 3 is 1.88 bits per heavy atom. The zero-order valence-corrected chi connectivity index (χ0v) is 33.2. The lowest BCUT2D eigenvalue weighted by atomic mass is 9.91. The van der Waals surface area contributed by atoms with Crippen LogP contribution in [0.15, 0.2) is 0 Å². The lowest BCUT2D eigenvalue weighted by Crippen LogP contribution is -2.69. The molecule has 0 saturated carbocycles. The molecule has 56 heavy (non-hydrogen) atoms. The molecule has 10 atom stereocenters. The first-order valence-electron chi connectivity index (χ1n) is 18.0. The molecule has 0 radical (unpaired) electrons. The number of nitrogens with one attached hydrogen (secondary N) is 1. The second kappa shape index (κ2) is 23.5. The fourth-order valence-corrected chi connectivity index (χ4v) is 6.52. The third-order valence-corrected chi connectivity index (χ3v) is 10.1. The van der Waals surface area contributed by atoms with Crippen LogP contribution in [0.5, 0.6) is 0 Å². The van der Waals surface area contributed by atoms with Gasteiger partial charge in [-0.05, 0) is 13.3 Å². The Balaban J connectivity index is 2.66. The number of aliphatic hydroxyl groups excluding tert-OH is 7. The average Bonchev–Trinajstić information content (AvgIpc) is 3.14. The smallest absolute Gasteiger partial charge is 0.396 e. The summed E-state index contributed by atoms with van der Waals surface area (Å²) in [5.74, 6) is -0.661. The summed E-state index contributed by atoms with van der Waals surface area (Å²) in [7, 11) is -10.2. The number of carbonyl (C=O) groups excluding carboxylic acids is 1. The maximum absolute atomic E-state index is 12.6. The van der Waals surface area contributed by atoms with Crippen molar-refractivity contribution < 1.29 is 103 Å². The molecule has 10 N–H and O–H groups in total. The van der Waals surface area contributed by atoms with E-state index in [0.29, 0.717) is 6.42 Å². The summed E-state index contributed by atoms with van der Waals surface area (Å²) in [4.78, 5) is 12.6. The van der Waals surface area contributed by atoms with Crippen molar-refractivity contribution in [3.63, 3.8) is 0 Å². The van der Waals surface area contributed by atoms with Gasteiger partial charge >= 0.3 is 20.8 Å². The van der Waals surface area contributed by atoms with Crippen LogP contribution in [-0.2, 0) is 62.4 Å². The number of hydrogen-bond acceptors (Lipinski definition) is 20. The van der Waals surface area contributed by atoms with Crippen LogP contribution in [0.4, 0.5) is 0 Å². The molecule has 0 aromatic rings. The van der Waals surface area contributed by atoms with Gasteiger partial charge in [-0.3, -0.25) is 13.9 Å². The van der Waals surface area contributed by atoms with E-state index in [1.54, 1.807) is 0 Å². The highest BCUT2D eigenvalue weighted by Gasteiger charge is 2.53. The zero-order valence-electron chi connectivity index (χ0n) is 31.5. The fourth-order valence-electron chi connectivity index (χ4n) is 5.76. The van der Waals surface area contributed by atoms with E-state index in [4.69, 9.17) is 33.0 Å². The first-order valence-corrected chi connectivity index (χ1v) is 20.7. The van der Waals surface area contributed by atoms with Gasteiger partial charge in [-0.2, -0.15) is 16.8 Å². The number of amides is 1. The third kappa shape index (κ3) is 16.0. The van der Waals surface area contributed by atoms with Crippen LogP contribution in [0.2, 0.25) is 0 Å². The summed E-state index contributed by atoms with van der Waals surface area (Å²) in [5.41, 5.74) is -4.20. The number of aliphatic hydroxyl groups is 7. The lowest BCUT2D eigenvalue weighted by molar-refractivity contribution is -0.348. The van der Waals surface area contributed by atoms with Gasteiger partial charge in [-0.1, -0.05) is 39.0 Å². The van der Waals surface area contributed by atoms with Crippen LogP contribution in [0, 0.1) is 5.41 Å². The van der Waals surface area contributed by atoms with Crippen molar-refractivity contribution >= 4 is 26.7 Å². The first kappa shape index (κ1) is 50.8. The van der Waals surface area contributed by atoms with E-state index in [-0.39, 0.29) is 6.61 Å². The van der Waals surface area contributed by atoms with E-state index >= 15 is 0 Å². The highest BCUT2D eigenvalue weighted by Crippen LogP contribution is 2.33. The Morgan fingerprint density at radius 2 is 1.32 bits per heavy atom. The predicted molar refractivity (Wildman–Crippen MR) is 187 cm³/mol. The third-order valence-electron chi connectivity index (χ3n) is 9.26. The van der Waals surface area contributed by atoms with Gasteiger partial charge in [0.25, 0.3) is 0 Å². The Bertz CT molecular complexity index is 1360. The van der Waals surface area contributed by atoms with E-state index in [9.17, 15) is 61.9 Å². The molecule has 2 fully saturated rings. The highest BCUT2D eigenvalue weighted by molar-refractivity contribution is 7.81. The summed E-state index contributed by atoms with van der Waals surface area (Å²) in [6.45, 7) is -3.29. The van der Waals surface area contributed by atoms with Crippen molar-refractivity contribution in [2.45, 2.75) is 126 Å². The van der Waals surface area contributed by atoms with E-state index < -0.39 is 152 Å². The standard InChI is InChI=1S/C31H59NO22S2/c1-4-5-6-7-8-9-10-47-28-22(32-20(3)37)27(54-29-25(40)24(39)23(38)19(2)52-29)26(48-16-30(12-33,13-34)17-50-55(41,42)43)21(53-28)11-49-31(14-35,15-36)18-51-56(44,45)46/h19,21-29,33-36,38-40H,4-18H2,1-3H3,(H,32,37)(H,41,42,43)(H,44,45,46)/t19-,21+,22+,23+,24+,25-,26+,27+,28-,29-/m0/s1. The van der Waals surface area contributed by atoms with Gasteiger partial charge in [0.05, 0.1) is 57.8 Å². The summed E-state index contributed by atoms with van der Waals surface area (Å²) in [5, 5.41) is 75.0. The summed E-state index contributed by atoms with van der Waals surface area (Å²) < 4.78 is 109. The maximum Gasteiger partial charge on any atom is 0.397 e. The SMILES string of the molecule is CCCCCCCCO[C@H]1O[C@H](COC(CO)(CO)COS(=O)(=O)O)[C@@H](OCC(CO)(CO)COS(=O)(=O)O)[C@H](O[C@@H]2O[C@@H](C)[C@@H](O)[C@@H](O)[C@@H]2O)[C@H]1NC(C)=O. The van der Waals surface area contributed by atoms with E-state index in [2.05, 4.69) is 20.6 Å². The largest absolute Gasteiger partial charge is 0.397 e. The predicted octanol–water partition coefficient (Wildman–Crippen LogP) is -3.46. The van der Waals surface area contributed by atoms with Gasteiger partial charge in [0.15, 0.2) is 12.6 Å². The Kier molecular flexibility index (Phi) is 21.3. The number of unbranched alkanes of at least 4 members (excludes halogenated alkanes) is 5. The first-order chi connectivity index (χ1) is 26.2. The number of rotatable bonds is 27. The summed E-state index contributed by atoms with van der Waals surface area (Å²) >= 11 is 0. The molecule has 0 bridgehead atoms. The molecule has 1 amide bonds. The summed E-state index contributed by atoms with van der Waals surface area (Å²) in [6, 6.07) is -1.38. The molecule has 2 saturated heterocycles. The maximum atomic E-state index is 12.6. The zero-order chi connectivity index (χ0) is 42.3. The molecule has 25 heteroatoms. The second-order valence-electron chi connectivity index (χ2n) is 14.0. The molecule has 0 unspecified atom stereocenters. The van der Waals surface area contributed by atoms with E-state index in [1.807, 2.05) is 0 Å². The van der Waals surface area contributed by atoms with Crippen LogP contribution in [-0.4, -0.2) is 194 Å². The minimum absolute atomic E-state index is 0.0632. The average molecular weight is 862 g/mol. The van der Waals surface area contributed by atoms with Gasteiger partial charge in [-0.25, -0.2) is 8.37 Å². The second-order valence-corrected chi connectivity index (χ2v) is 16.2. The van der Waals surface area contributed by atoms with Crippen LogP contribution >= 0.6 is 0 Å². The van der Waals surface area contributed by atoms with Crippen molar-refractivity contribution in [1.29, 1.82) is 0 Å². The van der Waals surface area contributed by atoms with E-state index in [1.165, 1.54) is 6.92 Å². The Hall–Kier alpha value is -1.31. The molecule has 2 rings (SSSR count). The minimum Gasteiger partial charge on any atom is -0.396 e. The molecule has 2 aliphatic heterocycles. The van der Waals surface area contributed by atoms with Gasteiger partial charge in [-0.15, -0.1) is 0 Å². The van der Waals surface area contributed by atoms with Crippen molar-refractivity contribution in [1.82, 2.24) is 5.32 Å². The Labute approximate surface area is 326 Å². The van der Waals surface area contributed by atoms with E-state index in [0.717, 1.165) is 39.0 Å². The van der Waals surface area contributed by atoms with Crippen LogP contribution < -0.4 is 5.32 Å². The molecule has 0 aliphatic carbocycles. The van der Waals surface area contributed by atoms with Gasteiger partial charge in [0.2, 0.25) is 5.91 Å². The van der Waals surface area contributed by atoms with Gasteiger partial charge in [0.1, 0.15) is 54.9 Å². The van der Waals surface area contributed by atoms with Crippen LogP contribution in [0.25, 0.3) is 0 Å². The quantitative estimate of drug-likeness (QED) is 0.0283. The molecule has 2 aliphatic rings. The molecule has 332 valence electrons. The monoisotopic (exact) mass is 861 g/mol. The highest BCUT2D eigenvalue weighted by atomic mass is 32.3. The molecule has 2 heterocycles. The van der Waals surface area contributed by atoms with Crippen LogP contribution in [0.1, 0.15) is 59.3 Å². The Morgan fingerprint density at radius 1 is 0.732 bits per heavy atom. The summed E-state index contributed by atoms with van der Waals surface area (Å²) in [6.07, 6.45) is -9.14. The van der Waals surface area contributed by atoms with Gasteiger partial charge < -0.3 is 69.5 Å². The van der Waals surface area contributed by atoms with Crippen molar-refractivity contribution in [2.24, 2.45) is 5.41 Å². The van der Waals surface area contributed by atoms with Crippen molar-refractivity contribution in [3.05, 3.63) is 0 Å². The number of hydrogen-bond donors (Lipinski definition) is 10. The van der Waals surface area contributed by atoms with Crippen LogP contribution in [0.3, 0.4) is 0 Å². The van der Waals surface area contributed by atoms with Crippen molar-refractivity contribution in [2.75, 3.05) is 59.5 Å². The minimum atomic E-state index is -5.10. The molecule has 23 nitrogen and oxygen atoms in total. The number of ether oxygens (including phenoxy) is 6. The molecule has 0 spiro atoms. The molecule has 0 aromatic carbocycles. The lowest BCUT2D eigenvalue weighted by Gasteiger charge is -2.49.